The Bertz CT molecular complexity index is 455. The van der Waals surface area contributed by atoms with Crippen molar-refractivity contribution < 1.29 is 9.90 Å². The molecule has 4 nitrogen and oxygen atoms in total. The van der Waals surface area contributed by atoms with E-state index in [9.17, 15) is 9.90 Å². The van der Waals surface area contributed by atoms with Crippen molar-refractivity contribution >= 4 is 11.6 Å². The minimum atomic E-state index is -0.545. The first-order valence-electron chi connectivity index (χ1n) is 5.75. The molecule has 1 amide bonds. The molecule has 0 bridgehead atoms. The maximum Gasteiger partial charge on any atom is 0.234 e. The third-order valence-corrected chi connectivity index (χ3v) is 3.32. The predicted octanol–water partition coefficient (Wildman–Crippen LogP) is 1.17. The first kappa shape index (κ1) is 12.1. The number of rotatable bonds is 3. The Labute approximate surface area is 101 Å². The van der Waals surface area contributed by atoms with Crippen molar-refractivity contribution in [2.24, 2.45) is 0 Å². The fourth-order valence-electron chi connectivity index (χ4n) is 2.11. The summed E-state index contributed by atoms with van der Waals surface area (Å²) in [7, 11) is 1.80. The minimum Gasteiger partial charge on any atom is -0.387 e. The van der Waals surface area contributed by atoms with Crippen molar-refractivity contribution in [2.75, 3.05) is 18.9 Å². The molecule has 0 aromatic heterocycles. The summed E-state index contributed by atoms with van der Waals surface area (Å²) in [6, 6.07) is 5.62. The maximum atomic E-state index is 11.8. The molecule has 1 atom stereocenters. The van der Waals surface area contributed by atoms with E-state index in [0.717, 1.165) is 16.8 Å². The van der Waals surface area contributed by atoms with Crippen LogP contribution < -0.4 is 10.6 Å². The molecule has 3 N–H and O–H groups in total. The van der Waals surface area contributed by atoms with E-state index in [1.165, 1.54) is 0 Å². The van der Waals surface area contributed by atoms with Gasteiger partial charge in [-0.3, -0.25) is 4.79 Å². The van der Waals surface area contributed by atoms with Crippen LogP contribution in [0.3, 0.4) is 0 Å². The molecule has 92 valence electrons. The molecule has 0 radical (unpaired) electrons. The number of amides is 1. The number of hydrogen-bond donors (Lipinski definition) is 3. The Morgan fingerprint density at radius 2 is 2.18 bits per heavy atom. The zero-order chi connectivity index (χ0) is 12.6. The van der Waals surface area contributed by atoms with E-state index >= 15 is 0 Å². The van der Waals surface area contributed by atoms with Gasteiger partial charge in [-0.2, -0.15) is 0 Å². The highest BCUT2D eigenvalue weighted by atomic mass is 16.3. The quantitative estimate of drug-likeness (QED) is 0.735. The number of hydrogen-bond acceptors (Lipinski definition) is 3. The van der Waals surface area contributed by atoms with Gasteiger partial charge in [-0.1, -0.05) is 12.1 Å². The van der Waals surface area contributed by atoms with E-state index in [4.69, 9.17) is 0 Å². The molecule has 1 aliphatic rings. The normalized spacial score (nSPS) is 18.7. The highest BCUT2D eigenvalue weighted by Crippen LogP contribution is 2.38. The second-order valence-electron chi connectivity index (χ2n) is 4.96. The van der Waals surface area contributed by atoms with Gasteiger partial charge in [0.1, 0.15) is 0 Å². The fraction of sp³-hybridized carbons (Fsp3) is 0.462. The molecule has 1 unspecified atom stereocenters. The summed E-state index contributed by atoms with van der Waals surface area (Å²) in [5, 5.41) is 15.7. The number of aliphatic hydroxyl groups excluding tert-OH is 1. The summed E-state index contributed by atoms with van der Waals surface area (Å²) in [5.74, 6) is 0.00718. The van der Waals surface area contributed by atoms with Gasteiger partial charge in [0.25, 0.3) is 0 Å². The number of benzene rings is 1. The maximum absolute atomic E-state index is 11.8. The molecule has 1 aromatic rings. The third kappa shape index (κ3) is 1.94. The van der Waals surface area contributed by atoms with Gasteiger partial charge in [-0.05, 0) is 38.1 Å². The van der Waals surface area contributed by atoms with Crippen molar-refractivity contribution in [1.82, 2.24) is 5.32 Å². The Kier molecular flexibility index (Phi) is 2.93. The lowest BCUT2D eigenvalue weighted by Crippen LogP contribution is -2.27. The van der Waals surface area contributed by atoms with Gasteiger partial charge in [0.05, 0.1) is 11.5 Å². The number of carbonyl (C=O) groups excluding carboxylic acids is 1. The van der Waals surface area contributed by atoms with Gasteiger partial charge >= 0.3 is 0 Å². The molecule has 2 rings (SSSR count). The average Bonchev–Trinajstić information content (AvgIpc) is 2.50. The number of fused-ring (bicyclic) bond motifs is 1. The predicted molar refractivity (Wildman–Crippen MR) is 67.0 cm³/mol. The summed E-state index contributed by atoms with van der Waals surface area (Å²) in [6.45, 7) is 4.28. The van der Waals surface area contributed by atoms with E-state index in [1.54, 1.807) is 7.05 Å². The molecule has 0 saturated carbocycles. The SMILES string of the molecule is CNCC(O)c1ccc2c(c1)C(C)(C)C(=O)N2. The van der Waals surface area contributed by atoms with Gasteiger partial charge in [0, 0.05) is 12.2 Å². The fourth-order valence-corrected chi connectivity index (χ4v) is 2.11. The van der Waals surface area contributed by atoms with Crippen LogP contribution in [0, 0.1) is 0 Å². The van der Waals surface area contributed by atoms with Crippen molar-refractivity contribution in [1.29, 1.82) is 0 Å². The Balaban J connectivity index is 2.39. The second kappa shape index (κ2) is 4.13. The monoisotopic (exact) mass is 234 g/mol. The van der Waals surface area contributed by atoms with Crippen molar-refractivity contribution in [3.05, 3.63) is 29.3 Å². The van der Waals surface area contributed by atoms with Crippen LogP contribution in [0.2, 0.25) is 0 Å². The number of nitrogens with one attached hydrogen (secondary N) is 2. The van der Waals surface area contributed by atoms with Crippen LogP contribution in [0.4, 0.5) is 5.69 Å². The lowest BCUT2D eigenvalue weighted by molar-refractivity contribution is -0.119. The van der Waals surface area contributed by atoms with E-state index in [0.29, 0.717) is 6.54 Å². The van der Waals surface area contributed by atoms with Crippen LogP contribution in [0.5, 0.6) is 0 Å². The standard InChI is InChI=1S/C13H18N2O2/c1-13(2)9-6-8(11(16)7-14-3)4-5-10(9)15-12(13)17/h4-6,11,14,16H,7H2,1-3H3,(H,15,17). The smallest absolute Gasteiger partial charge is 0.234 e. The zero-order valence-electron chi connectivity index (χ0n) is 10.4. The number of aliphatic hydroxyl groups is 1. The van der Waals surface area contributed by atoms with Crippen LogP contribution in [0.1, 0.15) is 31.1 Å². The van der Waals surface area contributed by atoms with Gasteiger partial charge in [0.2, 0.25) is 5.91 Å². The summed E-state index contributed by atoms with van der Waals surface area (Å²) in [6.07, 6.45) is -0.545. The largest absolute Gasteiger partial charge is 0.387 e. The van der Waals surface area contributed by atoms with Crippen molar-refractivity contribution in [3.63, 3.8) is 0 Å². The summed E-state index contributed by atoms with van der Waals surface area (Å²) in [5.41, 5.74) is 2.11. The number of carbonyl (C=O) groups is 1. The minimum absolute atomic E-state index is 0.00718. The number of likely N-dealkylation sites (N-methyl/N-ethyl adjacent to an activating group) is 1. The van der Waals surface area contributed by atoms with Crippen LogP contribution in [0.25, 0.3) is 0 Å². The molecule has 1 heterocycles. The van der Waals surface area contributed by atoms with Gasteiger partial charge < -0.3 is 15.7 Å². The first-order chi connectivity index (χ1) is 7.96. The van der Waals surface area contributed by atoms with E-state index in [-0.39, 0.29) is 5.91 Å². The summed E-state index contributed by atoms with van der Waals surface area (Å²) in [4.78, 5) is 11.8. The average molecular weight is 234 g/mol. The van der Waals surface area contributed by atoms with Crippen LogP contribution >= 0.6 is 0 Å². The van der Waals surface area contributed by atoms with Crippen molar-refractivity contribution in [3.8, 4) is 0 Å². The highest BCUT2D eigenvalue weighted by molar-refractivity contribution is 6.05. The highest BCUT2D eigenvalue weighted by Gasteiger charge is 2.38. The Hall–Kier alpha value is -1.39. The van der Waals surface area contributed by atoms with Crippen LogP contribution in [0.15, 0.2) is 18.2 Å². The molecule has 0 aliphatic carbocycles. The summed E-state index contributed by atoms with van der Waals surface area (Å²) < 4.78 is 0. The molecule has 17 heavy (non-hydrogen) atoms. The Morgan fingerprint density at radius 1 is 1.47 bits per heavy atom. The van der Waals surface area contributed by atoms with E-state index < -0.39 is 11.5 Å². The molecule has 0 spiro atoms. The summed E-state index contributed by atoms with van der Waals surface area (Å²) >= 11 is 0. The second-order valence-corrected chi connectivity index (χ2v) is 4.96. The van der Waals surface area contributed by atoms with Crippen LogP contribution in [-0.2, 0) is 10.2 Å². The Morgan fingerprint density at radius 3 is 2.82 bits per heavy atom. The van der Waals surface area contributed by atoms with Crippen molar-refractivity contribution in [2.45, 2.75) is 25.4 Å². The van der Waals surface area contributed by atoms with E-state index in [2.05, 4.69) is 10.6 Å². The topological polar surface area (TPSA) is 61.4 Å². The molecular weight excluding hydrogens is 216 g/mol. The van der Waals surface area contributed by atoms with Gasteiger partial charge in [-0.15, -0.1) is 0 Å². The zero-order valence-corrected chi connectivity index (χ0v) is 10.4. The molecule has 1 aliphatic heterocycles. The van der Waals surface area contributed by atoms with E-state index in [1.807, 2.05) is 32.0 Å². The lowest BCUT2D eigenvalue weighted by Gasteiger charge is -2.17. The first-order valence-corrected chi connectivity index (χ1v) is 5.75. The van der Waals surface area contributed by atoms with Gasteiger partial charge in [-0.25, -0.2) is 0 Å². The molecule has 0 saturated heterocycles. The van der Waals surface area contributed by atoms with Crippen LogP contribution in [-0.4, -0.2) is 24.6 Å². The number of anilines is 1. The molecule has 4 heteroatoms. The third-order valence-electron chi connectivity index (χ3n) is 3.32. The molecular formula is C13H18N2O2. The molecule has 1 aromatic carbocycles. The van der Waals surface area contributed by atoms with Gasteiger partial charge in [0.15, 0.2) is 0 Å². The lowest BCUT2D eigenvalue weighted by atomic mass is 9.85. The molecule has 0 fully saturated rings.